The van der Waals surface area contributed by atoms with E-state index >= 15 is 0 Å². The molecule has 0 bridgehead atoms. The van der Waals surface area contributed by atoms with Crippen molar-refractivity contribution in [3.05, 3.63) is 35.2 Å². The highest BCUT2D eigenvalue weighted by Crippen LogP contribution is 2.21. The van der Waals surface area contributed by atoms with Crippen LogP contribution in [0.2, 0.25) is 0 Å². The fraction of sp³-hybridized carbons (Fsp3) is 0.600. The normalized spacial score (nSPS) is 12.9. The van der Waals surface area contributed by atoms with Crippen molar-refractivity contribution in [3.63, 3.8) is 0 Å². The quantitative estimate of drug-likeness (QED) is 0.878. The molecule has 2 rings (SSSR count). The second kappa shape index (κ2) is 6.76. The van der Waals surface area contributed by atoms with Gasteiger partial charge in [0.2, 0.25) is 0 Å². The van der Waals surface area contributed by atoms with Crippen molar-refractivity contribution < 1.29 is 5.11 Å². The minimum absolute atomic E-state index is 0.435. The lowest BCUT2D eigenvalue weighted by Crippen LogP contribution is -2.15. The third-order valence-electron chi connectivity index (χ3n) is 3.33. The highest BCUT2D eigenvalue weighted by molar-refractivity contribution is 5.24. The molecule has 6 heteroatoms. The second-order valence-corrected chi connectivity index (χ2v) is 5.71. The Bertz CT molecular complexity index is 593. The summed E-state index contributed by atoms with van der Waals surface area (Å²) >= 11 is 0. The van der Waals surface area contributed by atoms with Crippen LogP contribution in [0.4, 0.5) is 0 Å². The summed E-state index contributed by atoms with van der Waals surface area (Å²) in [6.45, 7) is 8.96. The zero-order chi connectivity index (χ0) is 15.4. The molecule has 0 saturated carbocycles. The summed E-state index contributed by atoms with van der Waals surface area (Å²) in [7, 11) is 0. The van der Waals surface area contributed by atoms with E-state index in [0.29, 0.717) is 12.3 Å². The topological polar surface area (TPSA) is 76.7 Å². The van der Waals surface area contributed by atoms with Crippen LogP contribution < -0.4 is 0 Å². The maximum Gasteiger partial charge on any atom is 0.138 e. The molecule has 1 unspecified atom stereocenters. The number of aliphatic hydroxyl groups is 1. The lowest BCUT2D eigenvalue weighted by atomic mass is 10.0. The van der Waals surface area contributed by atoms with E-state index in [1.807, 2.05) is 24.6 Å². The zero-order valence-electron chi connectivity index (χ0n) is 13.1. The van der Waals surface area contributed by atoms with Crippen LogP contribution in [0.3, 0.4) is 0 Å². The molecule has 1 N–H and O–H groups in total. The molecule has 0 aliphatic carbocycles. The Balaban J connectivity index is 2.20. The predicted octanol–water partition coefficient (Wildman–Crippen LogP) is 1.87. The molecule has 0 amide bonds. The number of hydrogen-bond donors (Lipinski definition) is 1. The van der Waals surface area contributed by atoms with E-state index in [-0.39, 0.29) is 0 Å². The molecule has 2 aromatic heterocycles. The molecule has 6 nitrogen and oxygen atoms in total. The van der Waals surface area contributed by atoms with Gasteiger partial charge < -0.3 is 5.11 Å². The summed E-state index contributed by atoms with van der Waals surface area (Å²) in [5.74, 6) is 1.28. The van der Waals surface area contributed by atoms with Crippen molar-refractivity contribution in [1.29, 1.82) is 0 Å². The lowest BCUT2D eigenvalue weighted by Gasteiger charge is -2.15. The Morgan fingerprint density at radius 1 is 1.29 bits per heavy atom. The maximum atomic E-state index is 10.5. The summed E-state index contributed by atoms with van der Waals surface area (Å²) in [6, 6.07) is 1.90. The number of aliphatic hydroxyl groups excluding tert-OH is 1. The van der Waals surface area contributed by atoms with Crippen LogP contribution in [0, 0.1) is 12.8 Å². The SMILES string of the molecule is CCc1nnc(C)cc1C(O)Cc1ncnn1CC(C)C. The van der Waals surface area contributed by atoms with Gasteiger partial charge in [-0.1, -0.05) is 20.8 Å². The average Bonchev–Trinajstić information content (AvgIpc) is 2.85. The van der Waals surface area contributed by atoms with Gasteiger partial charge in [0.1, 0.15) is 12.2 Å². The molecular formula is C15H23N5O. The van der Waals surface area contributed by atoms with Crippen molar-refractivity contribution in [2.24, 2.45) is 5.92 Å². The fourth-order valence-corrected chi connectivity index (χ4v) is 2.32. The van der Waals surface area contributed by atoms with Crippen LogP contribution in [0.5, 0.6) is 0 Å². The van der Waals surface area contributed by atoms with Gasteiger partial charge in [-0.15, -0.1) is 0 Å². The number of nitrogens with zero attached hydrogens (tertiary/aromatic N) is 5. The molecule has 21 heavy (non-hydrogen) atoms. The molecule has 0 fully saturated rings. The van der Waals surface area contributed by atoms with Gasteiger partial charge in [0.25, 0.3) is 0 Å². The Hall–Kier alpha value is -1.82. The first-order valence-corrected chi connectivity index (χ1v) is 7.39. The molecule has 0 aliphatic heterocycles. The second-order valence-electron chi connectivity index (χ2n) is 5.71. The van der Waals surface area contributed by atoms with Crippen LogP contribution >= 0.6 is 0 Å². The molecule has 0 aliphatic rings. The van der Waals surface area contributed by atoms with E-state index in [1.165, 1.54) is 0 Å². The third-order valence-corrected chi connectivity index (χ3v) is 3.33. The van der Waals surface area contributed by atoms with Crippen LogP contribution in [-0.2, 0) is 19.4 Å². The Morgan fingerprint density at radius 3 is 2.71 bits per heavy atom. The molecular weight excluding hydrogens is 266 g/mol. The largest absolute Gasteiger partial charge is 0.388 e. The van der Waals surface area contributed by atoms with Crippen molar-refractivity contribution in [3.8, 4) is 0 Å². The summed E-state index contributed by atoms with van der Waals surface area (Å²) in [6.07, 6.45) is 2.09. The number of aromatic nitrogens is 5. The van der Waals surface area contributed by atoms with Gasteiger partial charge in [-0.3, -0.25) is 0 Å². The smallest absolute Gasteiger partial charge is 0.138 e. The molecule has 0 saturated heterocycles. The number of rotatable bonds is 6. The van der Waals surface area contributed by atoms with E-state index in [9.17, 15) is 5.11 Å². The van der Waals surface area contributed by atoms with E-state index in [4.69, 9.17) is 0 Å². The molecule has 2 heterocycles. The minimum Gasteiger partial charge on any atom is -0.388 e. The summed E-state index contributed by atoms with van der Waals surface area (Å²) in [5.41, 5.74) is 2.48. The minimum atomic E-state index is -0.635. The monoisotopic (exact) mass is 289 g/mol. The first-order valence-electron chi connectivity index (χ1n) is 7.39. The van der Waals surface area contributed by atoms with Gasteiger partial charge in [-0.05, 0) is 25.3 Å². The highest BCUT2D eigenvalue weighted by Gasteiger charge is 2.17. The molecule has 0 spiro atoms. The van der Waals surface area contributed by atoms with Crippen LogP contribution in [-0.4, -0.2) is 30.1 Å². The van der Waals surface area contributed by atoms with Gasteiger partial charge in [0.05, 0.1) is 17.5 Å². The van der Waals surface area contributed by atoms with E-state index in [2.05, 4.69) is 34.1 Å². The molecule has 2 aromatic rings. The summed E-state index contributed by atoms with van der Waals surface area (Å²) in [5, 5.41) is 23.0. The van der Waals surface area contributed by atoms with Crippen molar-refractivity contribution in [1.82, 2.24) is 25.0 Å². The van der Waals surface area contributed by atoms with Crippen molar-refractivity contribution in [2.75, 3.05) is 0 Å². The van der Waals surface area contributed by atoms with Gasteiger partial charge in [0, 0.05) is 18.5 Å². The molecule has 0 aromatic carbocycles. The first kappa shape index (κ1) is 15.6. The van der Waals surface area contributed by atoms with Crippen molar-refractivity contribution in [2.45, 2.75) is 53.2 Å². The molecule has 0 radical (unpaired) electrons. The van der Waals surface area contributed by atoms with Crippen LogP contribution in [0.1, 0.15) is 49.7 Å². The average molecular weight is 289 g/mol. The van der Waals surface area contributed by atoms with Gasteiger partial charge in [-0.2, -0.15) is 15.3 Å². The standard InChI is InChI=1S/C15H23N5O/c1-5-13-12(6-11(4)18-19-13)14(21)7-15-16-9-17-20(15)8-10(2)3/h6,9-10,14,21H,5,7-8H2,1-4H3. The number of aryl methyl sites for hydroxylation is 2. The molecule has 1 atom stereocenters. The van der Waals surface area contributed by atoms with Crippen LogP contribution in [0.15, 0.2) is 12.4 Å². The van der Waals surface area contributed by atoms with E-state index in [0.717, 1.165) is 35.7 Å². The first-order chi connectivity index (χ1) is 10.0. The number of hydrogen-bond acceptors (Lipinski definition) is 5. The Labute approximate surface area is 125 Å². The molecule has 114 valence electrons. The van der Waals surface area contributed by atoms with E-state index < -0.39 is 6.10 Å². The highest BCUT2D eigenvalue weighted by atomic mass is 16.3. The Kier molecular flexibility index (Phi) is 5.01. The predicted molar refractivity (Wildman–Crippen MR) is 79.7 cm³/mol. The van der Waals surface area contributed by atoms with Crippen LogP contribution in [0.25, 0.3) is 0 Å². The Morgan fingerprint density at radius 2 is 2.05 bits per heavy atom. The van der Waals surface area contributed by atoms with Gasteiger partial charge in [0.15, 0.2) is 0 Å². The summed E-state index contributed by atoms with van der Waals surface area (Å²) in [4.78, 5) is 4.27. The van der Waals surface area contributed by atoms with Gasteiger partial charge >= 0.3 is 0 Å². The maximum absolute atomic E-state index is 10.5. The zero-order valence-corrected chi connectivity index (χ0v) is 13.1. The summed E-state index contributed by atoms with van der Waals surface area (Å²) < 4.78 is 1.86. The van der Waals surface area contributed by atoms with E-state index in [1.54, 1.807) is 6.33 Å². The van der Waals surface area contributed by atoms with Crippen molar-refractivity contribution >= 4 is 0 Å². The third kappa shape index (κ3) is 3.85. The van der Waals surface area contributed by atoms with Gasteiger partial charge in [-0.25, -0.2) is 9.67 Å². The lowest BCUT2D eigenvalue weighted by molar-refractivity contribution is 0.171. The fourth-order valence-electron chi connectivity index (χ4n) is 2.32.